The smallest absolute Gasteiger partial charge is 0.251 e. The molecular formula is C17H12BrFN2O. The number of nitrogens with one attached hydrogen (secondary N) is 1. The van der Waals surface area contributed by atoms with Crippen LogP contribution in [-0.4, -0.2) is 10.9 Å². The van der Waals surface area contributed by atoms with Crippen molar-refractivity contribution in [3.63, 3.8) is 0 Å². The van der Waals surface area contributed by atoms with E-state index in [1.54, 1.807) is 42.6 Å². The summed E-state index contributed by atoms with van der Waals surface area (Å²) >= 11 is 3.13. The van der Waals surface area contributed by atoms with Crippen LogP contribution in [0.4, 0.5) is 4.39 Å². The lowest BCUT2D eigenvalue weighted by atomic mass is 10.1. The Bertz CT molecular complexity index is 851. The third-order valence-electron chi connectivity index (χ3n) is 3.34. The van der Waals surface area contributed by atoms with Crippen LogP contribution in [0.5, 0.6) is 0 Å². The van der Waals surface area contributed by atoms with E-state index in [1.165, 1.54) is 0 Å². The summed E-state index contributed by atoms with van der Waals surface area (Å²) in [6, 6.07) is 14.0. The first-order valence-electron chi connectivity index (χ1n) is 6.71. The summed E-state index contributed by atoms with van der Waals surface area (Å²) in [6.45, 7) is 0.134. The van der Waals surface area contributed by atoms with Crippen LogP contribution < -0.4 is 5.32 Å². The number of nitrogens with zero attached hydrogens (tertiary/aromatic N) is 1. The summed E-state index contributed by atoms with van der Waals surface area (Å²) in [5, 5.41) is 3.62. The van der Waals surface area contributed by atoms with Crippen molar-refractivity contribution in [3.8, 4) is 0 Å². The van der Waals surface area contributed by atoms with E-state index in [4.69, 9.17) is 0 Å². The SMILES string of the molecule is O=C(NCc1cccc(Br)c1F)c1ccc2ncccc2c1. The predicted octanol–water partition coefficient (Wildman–Crippen LogP) is 4.07. The second-order valence-electron chi connectivity index (χ2n) is 4.81. The molecule has 3 aromatic rings. The number of benzene rings is 2. The molecule has 0 atom stereocenters. The molecule has 3 nitrogen and oxygen atoms in total. The Morgan fingerprint density at radius 3 is 2.91 bits per heavy atom. The van der Waals surface area contributed by atoms with Gasteiger partial charge < -0.3 is 5.32 Å². The van der Waals surface area contributed by atoms with Crippen LogP contribution in [0.2, 0.25) is 0 Å². The van der Waals surface area contributed by atoms with Gasteiger partial charge in [0.05, 0.1) is 9.99 Å². The van der Waals surface area contributed by atoms with Gasteiger partial charge in [-0.25, -0.2) is 4.39 Å². The maximum atomic E-state index is 13.9. The fraction of sp³-hybridized carbons (Fsp3) is 0.0588. The molecular weight excluding hydrogens is 347 g/mol. The van der Waals surface area contributed by atoms with Gasteiger partial charge in [-0.05, 0) is 46.3 Å². The molecule has 22 heavy (non-hydrogen) atoms. The highest BCUT2D eigenvalue weighted by molar-refractivity contribution is 9.10. The van der Waals surface area contributed by atoms with Crippen LogP contribution in [0, 0.1) is 5.82 Å². The van der Waals surface area contributed by atoms with E-state index >= 15 is 0 Å². The summed E-state index contributed by atoms with van der Waals surface area (Å²) in [5.41, 5.74) is 1.79. The van der Waals surface area contributed by atoms with Gasteiger partial charge in [0.2, 0.25) is 0 Å². The highest BCUT2D eigenvalue weighted by Crippen LogP contribution is 2.18. The van der Waals surface area contributed by atoms with Gasteiger partial charge in [0.15, 0.2) is 0 Å². The second-order valence-corrected chi connectivity index (χ2v) is 5.66. The Balaban J connectivity index is 1.77. The zero-order valence-electron chi connectivity index (χ0n) is 11.5. The van der Waals surface area contributed by atoms with Crippen molar-refractivity contribution in [2.24, 2.45) is 0 Å². The van der Waals surface area contributed by atoms with Crippen molar-refractivity contribution in [2.45, 2.75) is 6.54 Å². The standard InChI is InChI=1S/C17H12BrFN2O/c18-14-5-1-3-13(16(14)19)10-21-17(22)12-6-7-15-11(9-12)4-2-8-20-15/h1-9H,10H2,(H,21,22). The van der Waals surface area contributed by atoms with Gasteiger partial charge in [-0.1, -0.05) is 18.2 Å². The molecule has 1 heterocycles. The maximum Gasteiger partial charge on any atom is 0.251 e. The molecule has 0 unspecified atom stereocenters. The summed E-state index contributed by atoms with van der Waals surface area (Å²) in [7, 11) is 0. The van der Waals surface area contributed by atoms with Crippen molar-refractivity contribution < 1.29 is 9.18 Å². The molecule has 5 heteroatoms. The Hall–Kier alpha value is -2.27. The topological polar surface area (TPSA) is 42.0 Å². The van der Waals surface area contributed by atoms with Gasteiger partial charge >= 0.3 is 0 Å². The van der Waals surface area contributed by atoms with Gasteiger partial charge in [0.25, 0.3) is 5.91 Å². The van der Waals surface area contributed by atoms with E-state index in [0.29, 0.717) is 15.6 Å². The Kier molecular flexibility index (Phi) is 4.15. The highest BCUT2D eigenvalue weighted by Gasteiger charge is 2.09. The quantitative estimate of drug-likeness (QED) is 0.766. The van der Waals surface area contributed by atoms with E-state index in [0.717, 1.165) is 10.9 Å². The zero-order valence-corrected chi connectivity index (χ0v) is 13.1. The molecule has 0 aliphatic carbocycles. The van der Waals surface area contributed by atoms with E-state index in [9.17, 15) is 9.18 Å². The van der Waals surface area contributed by atoms with E-state index < -0.39 is 0 Å². The fourth-order valence-electron chi connectivity index (χ4n) is 2.18. The average Bonchev–Trinajstić information content (AvgIpc) is 2.55. The van der Waals surface area contributed by atoms with Gasteiger partial charge in [0, 0.05) is 29.3 Å². The van der Waals surface area contributed by atoms with Gasteiger partial charge in [0.1, 0.15) is 5.82 Å². The maximum absolute atomic E-state index is 13.9. The first kappa shape index (κ1) is 14.7. The van der Waals surface area contributed by atoms with Gasteiger partial charge in [-0.3, -0.25) is 9.78 Å². The lowest BCUT2D eigenvalue weighted by Gasteiger charge is -2.08. The van der Waals surface area contributed by atoms with Crippen LogP contribution in [0.1, 0.15) is 15.9 Å². The molecule has 110 valence electrons. The zero-order chi connectivity index (χ0) is 15.5. The normalized spacial score (nSPS) is 10.6. The fourth-order valence-corrected chi connectivity index (χ4v) is 2.59. The second kappa shape index (κ2) is 6.23. The Morgan fingerprint density at radius 1 is 1.18 bits per heavy atom. The monoisotopic (exact) mass is 358 g/mol. The largest absolute Gasteiger partial charge is 0.348 e. The number of halogens is 2. The number of aromatic nitrogens is 1. The summed E-state index contributed by atoms with van der Waals surface area (Å²) in [4.78, 5) is 16.4. The molecule has 1 N–H and O–H groups in total. The molecule has 1 aromatic heterocycles. The van der Waals surface area contributed by atoms with Crippen LogP contribution >= 0.6 is 15.9 Å². The summed E-state index contributed by atoms with van der Waals surface area (Å²) in [5.74, 6) is -0.601. The van der Waals surface area contributed by atoms with Crippen molar-refractivity contribution >= 4 is 32.7 Å². The lowest BCUT2D eigenvalue weighted by molar-refractivity contribution is 0.0950. The Labute approximate surface area is 135 Å². The molecule has 0 fully saturated rings. The Morgan fingerprint density at radius 2 is 2.05 bits per heavy atom. The molecule has 0 spiro atoms. The molecule has 0 aliphatic heterocycles. The molecule has 3 rings (SSSR count). The minimum absolute atomic E-state index is 0.134. The van der Waals surface area contributed by atoms with Crippen LogP contribution in [0.3, 0.4) is 0 Å². The number of fused-ring (bicyclic) bond motifs is 1. The minimum Gasteiger partial charge on any atom is -0.348 e. The molecule has 1 amide bonds. The number of hydrogen-bond donors (Lipinski definition) is 1. The lowest BCUT2D eigenvalue weighted by Crippen LogP contribution is -2.23. The number of carbonyl (C=O) groups is 1. The van der Waals surface area contributed by atoms with Crippen molar-refractivity contribution in [3.05, 3.63) is 76.1 Å². The van der Waals surface area contributed by atoms with Gasteiger partial charge in [-0.2, -0.15) is 0 Å². The number of pyridine rings is 1. The summed E-state index contributed by atoms with van der Waals surface area (Å²) < 4.78 is 14.2. The van der Waals surface area contributed by atoms with Crippen LogP contribution in [-0.2, 0) is 6.54 Å². The summed E-state index contributed by atoms with van der Waals surface area (Å²) in [6.07, 6.45) is 1.71. The van der Waals surface area contributed by atoms with Crippen molar-refractivity contribution in [2.75, 3.05) is 0 Å². The minimum atomic E-state index is -0.356. The number of rotatable bonds is 3. The highest BCUT2D eigenvalue weighted by atomic mass is 79.9. The van der Waals surface area contributed by atoms with E-state index in [-0.39, 0.29) is 18.3 Å². The molecule has 2 aromatic carbocycles. The molecule has 0 saturated heterocycles. The van der Waals surface area contributed by atoms with Crippen LogP contribution in [0.25, 0.3) is 10.9 Å². The third-order valence-corrected chi connectivity index (χ3v) is 3.95. The van der Waals surface area contributed by atoms with Crippen molar-refractivity contribution in [1.82, 2.24) is 10.3 Å². The van der Waals surface area contributed by atoms with Crippen LogP contribution in [0.15, 0.2) is 59.2 Å². The van der Waals surface area contributed by atoms with Crippen molar-refractivity contribution in [1.29, 1.82) is 0 Å². The molecule has 0 saturated carbocycles. The molecule has 0 bridgehead atoms. The van der Waals surface area contributed by atoms with E-state index in [1.807, 2.05) is 12.1 Å². The van der Waals surface area contributed by atoms with Gasteiger partial charge in [-0.15, -0.1) is 0 Å². The molecule has 0 radical (unpaired) electrons. The molecule has 0 aliphatic rings. The number of amides is 1. The first-order valence-corrected chi connectivity index (χ1v) is 7.50. The first-order chi connectivity index (χ1) is 10.6. The number of carbonyl (C=O) groups excluding carboxylic acids is 1. The number of hydrogen-bond acceptors (Lipinski definition) is 2. The van der Waals surface area contributed by atoms with E-state index in [2.05, 4.69) is 26.2 Å². The average molecular weight is 359 g/mol. The predicted molar refractivity (Wildman–Crippen MR) is 87.0 cm³/mol. The third kappa shape index (κ3) is 2.99.